The van der Waals surface area contributed by atoms with Crippen LogP contribution in [0.1, 0.15) is 23.0 Å². The van der Waals surface area contributed by atoms with E-state index in [1.807, 2.05) is 42.1 Å². The number of benzene rings is 1. The molecule has 1 unspecified atom stereocenters. The standard InChI is InChI=1S/C25H33N7O3/c1-30-9-11-32(12-10-30)22-13-18(5-6-26-22)17-28-25(33)29-23(24-27-7-8-31(24)2)19-14-20(34-3)16-21(15-19)35-4/h5-8,13-16,23H,9-12,17H2,1-4H3,(H2,28,29,33). The molecule has 0 aliphatic carbocycles. The van der Waals surface area contributed by atoms with Gasteiger partial charge in [0.15, 0.2) is 0 Å². The van der Waals surface area contributed by atoms with Crippen LogP contribution in [0, 0.1) is 0 Å². The number of nitrogens with one attached hydrogen (secondary N) is 2. The molecule has 0 saturated carbocycles. The molecular weight excluding hydrogens is 446 g/mol. The summed E-state index contributed by atoms with van der Waals surface area (Å²) in [4.78, 5) is 26.6. The average molecular weight is 480 g/mol. The minimum Gasteiger partial charge on any atom is -0.497 e. The van der Waals surface area contributed by atoms with Crippen LogP contribution in [0.5, 0.6) is 11.5 Å². The molecule has 0 spiro atoms. The molecule has 2 N–H and O–H groups in total. The second kappa shape index (κ2) is 11.1. The summed E-state index contributed by atoms with van der Waals surface area (Å²) in [5.74, 6) is 2.90. The van der Waals surface area contributed by atoms with Crippen LogP contribution in [-0.2, 0) is 13.6 Å². The van der Waals surface area contributed by atoms with Gasteiger partial charge in [-0.3, -0.25) is 0 Å². The highest BCUT2D eigenvalue weighted by atomic mass is 16.5. The lowest BCUT2D eigenvalue weighted by molar-refractivity contribution is 0.237. The first-order valence-electron chi connectivity index (χ1n) is 11.6. The van der Waals surface area contributed by atoms with E-state index in [1.54, 1.807) is 32.7 Å². The number of carbonyl (C=O) groups is 1. The predicted octanol–water partition coefficient (Wildman–Crippen LogP) is 2.17. The number of hydrogen-bond acceptors (Lipinski definition) is 7. The first-order chi connectivity index (χ1) is 17.0. The SMILES string of the molecule is COc1cc(OC)cc(C(NC(=O)NCc2ccnc(N3CCN(C)CC3)c2)c2nccn2C)c1. The summed E-state index contributed by atoms with van der Waals surface area (Å²) >= 11 is 0. The number of methoxy groups -OCH3 is 2. The number of aromatic nitrogens is 3. The van der Waals surface area contributed by atoms with Crippen molar-refractivity contribution >= 4 is 11.8 Å². The van der Waals surface area contributed by atoms with Crippen LogP contribution in [0.3, 0.4) is 0 Å². The lowest BCUT2D eigenvalue weighted by Gasteiger charge is -2.33. The summed E-state index contributed by atoms with van der Waals surface area (Å²) in [5.41, 5.74) is 1.78. The van der Waals surface area contributed by atoms with E-state index in [0.717, 1.165) is 43.1 Å². The second-order valence-corrected chi connectivity index (χ2v) is 8.61. The Bertz CT molecular complexity index is 1120. The maximum atomic E-state index is 13.0. The Morgan fingerprint density at radius 1 is 1.00 bits per heavy atom. The van der Waals surface area contributed by atoms with Gasteiger partial charge in [0.1, 0.15) is 29.2 Å². The van der Waals surface area contributed by atoms with Crippen molar-refractivity contribution in [2.45, 2.75) is 12.6 Å². The van der Waals surface area contributed by atoms with E-state index in [4.69, 9.17) is 9.47 Å². The van der Waals surface area contributed by atoms with Crippen molar-refractivity contribution in [2.75, 3.05) is 52.3 Å². The molecular formula is C25H33N7O3. The molecule has 1 atom stereocenters. The topological polar surface area (TPSA) is 96.8 Å². The van der Waals surface area contributed by atoms with E-state index in [9.17, 15) is 4.79 Å². The predicted molar refractivity (Wildman–Crippen MR) is 134 cm³/mol. The average Bonchev–Trinajstić information content (AvgIpc) is 3.31. The molecule has 0 bridgehead atoms. The third-order valence-corrected chi connectivity index (χ3v) is 6.19. The number of carbonyl (C=O) groups excluding carboxylic acids is 1. The second-order valence-electron chi connectivity index (χ2n) is 8.61. The molecule has 0 radical (unpaired) electrons. The Kier molecular flexibility index (Phi) is 7.71. The van der Waals surface area contributed by atoms with E-state index < -0.39 is 6.04 Å². The lowest BCUT2D eigenvalue weighted by atomic mass is 10.1. The van der Waals surface area contributed by atoms with Gasteiger partial charge in [-0.2, -0.15) is 0 Å². The van der Waals surface area contributed by atoms with Gasteiger partial charge in [-0.25, -0.2) is 14.8 Å². The molecule has 3 heterocycles. The fourth-order valence-corrected chi connectivity index (χ4v) is 4.09. The monoisotopic (exact) mass is 479 g/mol. The van der Waals surface area contributed by atoms with Gasteiger partial charge in [0.2, 0.25) is 0 Å². The van der Waals surface area contributed by atoms with E-state index in [0.29, 0.717) is 23.9 Å². The Labute approximate surface area is 205 Å². The van der Waals surface area contributed by atoms with Gasteiger partial charge in [-0.05, 0) is 42.4 Å². The number of amides is 2. The summed E-state index contributed by atoms with van der Waals surface area (Å²) in [6.45, 7) is 4.28. The number of imidazole rings is 1. The third kappa shape index (κ3) is 6.02. The van der Waals surface area contributed by atoms with Crippen molar-refractivity contribution in [3.05, 3.63) is 65.9 Å². The number of pyridine rings is 1. The van der Waals surface area contributed by atoms with E-state index in [1.165, 1.54) is 0 Å². The minimum absolute atomic E-state index is 0.308. The number of aryl methyl sites for hydroxylation is 1. The molecule has 1 fully saturated rings. The van der Waals surface area contributed by atoms with Gasteiger partial charge in [0.05, 0.1) is 14.2 Å². The number of piperazine rings is 1. The van der Waals surface area contributed by atoms with Gasteiger partial charge in [0.25, 0.3) is 0 Å². The number of hydrogen-bond donors (Lipinski definition) is 2. The quantitative estimate of drug-likeness (QED) is 0.511. The van der Waals surface area contributed by atoms with Gasteiger partial charge in [-0.15, -0.1) is 0 Å². The highest BCUT2D eigenvalue weighted by Crippen LogP contribution is 2.29. The first kappa shape index (κ1) is 24.3. The molecule has 3 aromatic rings. The van der Waals surface area contributed by atoms with Crippen molar-refractivity contribution in [2.24, 2.45) is 7.05 Å². The Hall–Kier alpha value is -3.79. The molecule has 2 aromatic heterocycles. The molecule has 10 nitrogen and oxygen atoms in total. The Balaban J connectivity index is 1.47. The molecule has 35 heavy (non-hydrogen) atoms. The molecule has 10 heteroatoms. The molecule has 1 aliphatic heterocycles. The van der Waals surface area contributed by atoms with Crippen LogP contribution in [0.15, 0.2) is 48.9 Å². The number of rotatable bonds is 8. The first-order valence-corrected chi connectivity index (χ1v) is 11.6. The van der Waals surface area contributed by atoms with E-state index in [2.05, 4.69) is 37.4 Å². The van der Waals surface area contributed by atoms with Gasteiger partial charge in [0, 0.05) is 64.4 Å². The summed E-state index contributed by atoms with van der Waals surface area (Å²) < 4.78 is 12.7. The zero-order valence-corrected chi connectivity index (χ0v) is 20.7. The minimum atomic E-state index is -0.502. The number of anilines is 1. The molecule has 4 rings (SSSR count). The van der Waals surface area contributed by atoms with Crippen LogP contribution in [0.25, 0.3) is 0 Å². The van der Waals surface area contributed by atoms with E-state index in [-0.39, 0.29) is 6.03 Å². The maximum absolute atomic E-state index is 13.0. The molecule has 1 aromatic carbocycles. The van der Waals surface area contributed by atoms with Gasteiger partial charge < -0.3 is 34.5 Å². The lowest BCUT2D eigenvalue weighted by Crippen LogP contribution is -2.44. The summed E-state index contributed by atoms with van der Waals surface area (Å²) in [7, 11) is 7.21. The van der Waals surface area contributed by atoms with Gasteiger partial charge in [-0.1, -0.05) is 0 Å². The smallest absolute Gasteiger partial charge is 0.315 e. The Morgan fingerprint density at radius 3 is 2.34 bits per heavy atom. The third-order valence-electron chi connectivity index (χ3n) is 6.19. The van der Waals surface area contributed by atoms with Crippen LogP contribution < -0.4 is 25.0 Å². The molecule has 2 amide bonds. The summed E-state index contributed by atoms with van der Waals surface area (Å²) in [5, 5.41) is 6.03. The van der Waals surface area contributed by atoms with Crippen LogP contribution in [0.2, 0.25) is 0 Å². The van der Waals surface area contributed by atoms with Crippen molar-refractivity contribution in [3.8, 4) is 11.5 Å². The van der Waals surface area contributed by atoms with Crippen LogP contribution >= 0.6 is 0 Å². The largest absolute Gasteiger partial charge is 0.497 e. The fraction of sp³-hybridized carbons (Fsp3) is 0.400. The molecule has 1 saturated heterocycles. The molecule has 1 aliphatic rings. The van der Waals surface area contributed by atoms with Crippen LogP contribution in [0.4, 0.5) is 10.6 Å². The van der Waals surface area contributed by atoms with Crippen molar-refractivity contribution in [1.82, 2.24) is 30.1 Å². The van der Waals surface area contributed by atoms with Crippen molar-refractivity contribution < 1.29 is 14.3 Å². The van der Waals surface area contributed by atoms with Crippen LogP contribution in [-0.4, -0.2) is 72.9 Å². The summed E-state index contributed by atoms with van der Waals surface area (Å²) in [6, 6.07) is 8.67. The van der Waals surface area contributed by atoms with Crippen molar-refractivity contribution in [3.63, 3.8) is 0 Å². The normalized spacial score (nSPS) is 14.9. The zero-order chi connectivity index (χ0) is 24.8. The number of likely N-dealkylation sites (N-methyl/N-ethyl adjacent to an activating group) is 1. The molecule has 186 valence electrons. The number of nitrogens with zero attached hydrogens (tertiary/aromatic N) is 5. The zero-order valence-electron chi connectivity index (χ0n) is 20.7. The summed E-state index contributed by atoms with van der Waals surface area (Å²) in [6.07, 6.45) is 5.34. The van der Waals surface area contributed by atoms with E-state index >= 15 is 0 Å². The van der Waals surface area contributed by atoms with Crippen molar-refractivity contribution in [1.29, 1.82) is 0 Å². The number of ether oxygens (including phenoxy) is 2. The fourth-order valence-electron chi connectivity index (χ4n) is 4.09. The highest BCUT2D eigenvalue weighted by Gasteiger charge is 2.22. The maximum Gasteiger partial charge on any atom is 0.315 e. The van der Waals surface area contributed by atoms with Gasteiger partial charge >= 0.3 is 6.03 Å². The highest BCUT2D eigenvalue weighted by molar-refractivity contribution is 5.75. The Morgan fingerprint density at radius 2 is 1.71 bits per heavy atom. The number of urea groups is 1.